The SMILES string of the molecule is Cc1cn2c(n1)CC[C@H](NC(=O)[C@H]1Cc3cc(Cl)ccc3O1)C2. The number of aromatic nitrogens is 2. The molecule has 1 amide bonds. The van der Waals surface area contributed by atoms with Gasteiger partial charge < -0.3 is 14.6 Å². The Kier molecular flexibility index (Phi) is 3.53. The van der Waals surface area contributed by atoms with E-state index in [1.807, 2.05) is 25.3 Å². The Balaban J connectivity index is 1.40. The highest BCUT2D eigenvalue weighted by Crippen LogP contribution is 2.31. The molecule has 0 saturated heterocycles. The topological polar surface area (TPSA) is 56.2 Å². The Labute approximate surface area is 139 Å². The summed E-state index contributed by atoms with van der Waals surface area (Å²) >= 11 is 5.99. The molecule has 1 aromatic carbocycles. The number of benzene rings is 1. The van der Waals surface area contributed by atoms with Crippen LogP contribution in [0.2, 0.25) is 5.02 Å². The molecular weight excluding hydrogens is 314 g/mol. The van der Waals surface area contributed by atoms with Crippen molar-refractivity contribution in [2.75, 3.05) is 0 Å². The number of halogens is 1. The molecule has 0 bridgehead atoms. The summed E-state index contributed by atoms with van der Waals surface area (Å²) in [6.45, 7) is 2.76. The third-order valence-electron chi connectivity index (χ3n) is 4.45. The van der Waals surface area contributed by atoms with E-state index in [1.54, 1.807) is 6.07 Å². The number of hydrogen-bond donors (Lipinski definition) is 1. The van der Waals surface area contributed by atoms with Crippen molar-refractivity contribution < 1.29 is 9.53 Å². The Morgan fingerprint density at radius 2 is 2.35 bits per heavy atom. The van der Waals surface area contributed by atoms with E-state index < -0.39 is 6.10 Å². The van der Waals surface area contributed by atoms with Gasteiger partial charge in [0.1, 0.15) is 11.6 Å². The standard InChI is InChI=1S/C17H18ClN3O2/c1-10-8-21-9-13(3-5-16(21)19-10)20-17(22)15-7-11-6-12(18)2-4-14(11)23-15/h2,4,6,8,13,15H,3,5,7,9H2,1H3,(H,20,22)/t13-,15+/m0/s1. The zero-order chi connectivity index (χ0) is 16.0. The minimum absolute atomic E-state index is 0.0531. The lowest BCUT2D eigenvalue weighted by atomic mass is 10.1. The summed E-state index contributed by atoms with van der Waals surface area (Å²) < 4.78 is 7.88. The van der Waals surface area contributed by atoms with Crippen LogP contribution in [0, 0.1) is 6.92 Å². The molecule has 1 N–H and O–H groups in total. The maximum atomic E-state index is 12.5. The lowest BCUT2D eigenvalue weighted by Gasteiger charge is -2.25. The summed E-state index contributed by atoms with van der Waals surface area (Å²) in [7, 11) is 0. The van der Waals surface area contributed by atoms with Gasteiger partial charge in [-0.15, -0.1) is 0 Å². The van der Waals surface area contributed by atoms with Crippen LogP contribution in [-0.4, -0.2) is 27.6 Å². The van der Waals surface area contributed by atoms with Crippen molar-refractivity contribution in [1.82, 2.24) is 14.9 Å². The van der Waals surface area contributed by atoms with E-state index in [2.05, 4.69) is 14.9 Å². The van der Waals surface area contributed by atoms with E-state index in [0.717, 1.165) is 42.2 Å². The van der Waals surface area contributed by atoms with Gasteiger partial charge in [-0.1, -0.05) is 11.6 Å². The van der Waals surface area contributed by atoms with Crippen molar-refractivity contribution in [3.05, 3.63) is 46.5 Å². The van der Waals surface area contributed by atoms with Crippen LogP contribution < -0.4 is 10.1 Å². The van der Waals surface area contributed by atoms with Crippen LogP contribution >= 0.6 is 11.6 Å². The Morgan fingerprint density at radius 3 is 3.22 bits per heavy atom. The molecule has 3 heterocycles. The van der Waals surface area contributed by atoms with Gasteiger partial charge in [0.05, 0.1) is 5.69 Å². The van der Waals surface area contributed by atoms with Crippen LogP contribution in [0.5, 0.6) is 5.75 Å². The molecule has 6 heteroatoms. The molecule has 0 fully saturated rings. The fraction of sp³-hybridized carbons (Fsp3) is 0.412. The van der Waals surface area contributed by atoms with Crippen LogP contribution in [0.25, 0.3) is 0 Å². The van der Waals surface area contributed by atoms with Gasteiger partial charge >= 0.3 is 0 Å². The summed E-state index contributed by atoms with van der Waals surface area (Å²) in [5.41, 5.74) is 2.02. The smallest absolute Gasteiger partial charge is 0.261 e. The summed E-state index contributed by atoms with van der Waals surface area (Å²) in [5.74, 6) is 1.81. The van der Waals surface area contributed by atoms with Crippen molar-refractivity contribution >= 4 is 17.5 Å². The average Bonchev–Trinajstić information content (AvgIpc) is 3.08. The van der Waals surface area contributed by atoms with Gasteiger partial charge in [-0.2, -0.15) is 0 Å². The number of amides is 1. The molecule has 0 spiro atoms. The lowest BCUT2D eigenvalue weighted by molar-refractivity contribution is -0.128. The second-order valence-corrected chi connectivity index (χ2v) is 6.69. The van der Waals surface area contributed by atoms with E-state index in [0.29, 0.717) is 11.4 Å². The predicted molar refractivity (Wildman–Crippen MR) is 86.8 cm³/mol. The van der Waals surface area contributed by atoms with Crippen LogP contribution in [0.15, 0.2) is 24.4 Å². The molecule has 2 aliphatic heterocycles. The van der Waals surface area contributed by atoms with Crippen LogP contribution in [0.3, 0.4) is 0 Å². The van der Waals surface area contributed by atoms with Crippen molar-refractivity contribution in [1.29, 1.82) is 0 Å². The molecule has 2 aliphatic rings. The number of imidazole rings is 1. The van der Waals surface area contributed by atoms with Crippen LogP contribution in [0.1, 0.15) is 23.5 Å². The number of ether oxygens (including phenoxy) is 1. The van der Waals surface area contributed by atoms with Gasteiger partial charge in [-0.05, 0) is 37.1 Å². The molecular formula is C17H18ClN3O2. The second kappa shape index (κ2) is 5.57. The minimum Gasteiger partial charge on any atom is -0.480 e. The van der Waals surface area contributed by atoms with E-state index in [1.165, 1.54) is 0 Å². The number of rotatable bonds is 2. The number of carbonyl (C=O) groups excluding carboxylic acids is 1. The van der Waals surface area contributed by atoms with Gasteiger partial charge in [0.2, 0.25) is 0 Å². The highest BCUT2D eigenvalue weighted by molar-refractivity contribution is 6.30. The summed E-state index contributed by atoms with van der Waals surface area (Å²) in [6, 6.07) is 5.60. The first-order chi connectivity index (χ1) is 11.1. The van der Waals surface area contributed by atoms with Gasteiger partial charge in [-0.25, -0.2) is 4.98 Å². The number of nitrogens with zero attached hydrogens (tertiary/aromatic N) is 2. The van der Waals surface area contributed by atoms with E-state index in [9.17, 15) is 4.79 Å². The summed E-state index contributed by atoms with van der Waals surface area (Å²) in [5, 5.41) is 3.78. The zero-order valence-corrected chi connectivity index (χ0v) is 13.6. The van der Waals surface area contributed by atoms with E-state index >= 15 is 0 Å². The maximum Gasteiger partial charge on any atom is 0.261 e. The zero-order valence-electron chi connectivity index (χ0n) is 12.9. The molecule has 0 aliphatic carbocycles. The number of aryl methyl sites for hydroxylation is 2. The van der Waals surface area contributed by atoms with Crippen molar-refractivity contribution in [3.63, 3.8) is 0 Å². The number of hydrogen-bond acceptors (Lipinski definition) is 3. The predicted octanol–water partition coefficient (Wildman–Crippen LogP) is 2.28. The molecule has 4 rings (SSSR count). The molecule has 1 aromatic heterocycles. The Hall–Kier alpha value is -2.01. The first-order valence-corrected chi connectivity index (χ1v) is 8.24. The van der Waals surface area contributed by atoms with Crippen LogP contribution in [0.4, 0.5) is 0 Å². The van der Waals surface area contributed by atoms with E-state index in [4.69, 9.17) is 16.3 Å². The third-order valence-corrected chi connectivity index (χ3v) is 4.68. The maximum absolute atomic E-state index is 12.5. The van der Waals surface area contributed by atoms with Gasteiger partial charge in [-0.3, -0.25) is 4.79 Å². The number of carbonyl (C=O) groups is 1. The van der Waals surface area contributed by atoms with Gasteiger partial charge in [0.25, 0.3) is 5.91 Å². The second-order valence-electron chi connectivity index (χ2n) is 6.26. The normalized spacial score (nSPS) is 22.2. The first kappa shape index (κ1) is 14.6. The first-order valence-electron chi connectivity index (χ1n) is 7.86. The molecule has 0 radical (unpaired) electrons. The lowest BCUT2D eigenvalue weighted by Crippen LogP contribution is -2.46. The summed E-state index contributed by atoms with van der Waals surface area (Å²) in [6.07, 6.45) is 3.95. The monoisotopic (exact) mass is 331 g/mol. The van der Waals surface area contributed by atoms with Crippen molar-refractivity contribution in [3.8, 4) is 5.75 Å². The fourth-order valence-electron chi connectivity index (χ4n) is 3.36. The Morgan fingerprint density at radius 1 is 1.48 bits per heavy atom. The van der Waals surface area contributed by atoms with Crippen LogP contribution in [-0.2, 0) is 24.2 Å². The highest BCUT2D eigenvalue weighted by atomic mass is 35.5. The molecule has 23 heavy (non-hydrogen) atoms. The van der Waals surface area contributed by atoms with Gasteiger partial charge in [0, 0.05) is 36.6 Å². The average molecular weight is 332 g/mol. The van der Waals surface area contributed by atoms with Crippen molar-refractivity contribution in [2.45, 2.75) is 44.9 Å². The fourth-order valence-corrected chi connectivity index (χ4v) is 3.56. The highest BCUT2D eigenvalue weighted by Gasteiger charge is 2.31. The molecule has 5 nitrogen and oxygen atoms in total. The third kappa shape index (κ3) is 2.81. The number of nitrogens with one attached hydrogen (secondary N) is 1. The molecule has 2 aromatic rings. The summed E-state index contributed by atoms with van der Waals surface area (Å²) in [4.78, 5) is 17.0. The molecule has 120 valence electrons. The minimum atomic E-state index is -0.464. The molecule has 0 saturated carbocycles. The van der Waals surface area contributed by atoms with E-state index in [-0.39, 0.29) is 11.9 Å². The van der Waals surface area contributed by atoms with Gasteiger partial charge in [0.15, 0.2) is 6.10 Å². The quantitative estimate of drug-likeness (QED) is 0.918. The molecule has 2 atom stereocenters. The Bertz CT molecular complexity index is 771. The molecule has 0 unspecified atom stereocenters. The largest absolute Gasteiger partial charge is 0.480 e. The van der Waals surface area contributed by atoms with Crippen molar-refractivity contribution in [2.24, 2.45) is 0 Å². The number of fused-ring (bicyclic) bond motifs is 2.